The molecule has 3 heterocycles. The number of fused-ring (bicyclic) bond motifs is 1. The number of methoxy groups -OCH3 is 1. The Labute approximate surface area is 215 Å². The van der Waals surface area contributed by atoms with Gasteiger partial charge >= 0.3 is 16.0 Å². The van der Waals surface area contributed by atoms with Crippen molar-refractivity contribution in [1.82, 2.24) is 8.87 Å². The van der Waals surface area contributed by atoms with Gasteiger partial charge in [-0.25, -0.2) is 13.2 Å². The molecule has 1 atom stereocenters. The van der Waals surface area contributed by atoms with Crippen LogP contribution < -0.4 is 20.2 Å². The van der Waals surface area contributed by atoms with Crippen molar-refractivity contribution in [2.45, 2.75) is 19.4 Å². The Morgan fingerprint density at radius 1 is 1.08 bits per heavy atom. The molecule has 0 bridgehead atoms. The Morgan fingerprint density at radius 2 is 1.82 bits per heavy atom. The molecule has 0 fully saturated rings. The van der Waals surface area contributed by atoms with Gasteiger partial charge in [0.05, 0.1) is 24.9 Å². The number of hydrogen-bond donors (Lipinski definition) is 1. The van der Waals surface area contributed by atoms with E-state index >= 15 is 4.39 Å². The number of nitrogens with zero attached hydrogens (tertiary/aromatic N) is 2. The van der Waals surface area contributed by atoms with E-state index in [-0.39, 0.29) is 41.3 Å². The summed E-state index contributed by atoms with van der Waals surface area (Å²) in [5.41, 5.74) is 0.450. The van der Waals surface area contributed by atoms with E-state index in [1.165, 1.54) is 46.5 Å². The van der Waals surface area contributed by atoms with Gasteiger partial charge in [-0.05, 0) is 36.2 Å². The molecule has 4 aromatic rings. The standard InChI is InChI=1S/C25H21F3N4O5S/c1-14-18-3-4-25(33)32(21(18)5-7-31(14)38(34,35)30-24-6-8-37-29-24)22-13-20(28)19(12-23(22)36-2)15-9-16(26)11-17(27)10-15/h3-4,6,8-14H,5,7H2,1-2H3,(H,29,30)/p+1/t14-/m0/s1. The van der Waals surface area contributed by atoms with Gasteiger partial charge in [0.25, 0.3) is 5.56 Å². The summed E-state index contributed by atoms with van der Waals surface area (Å²) in [6.45, 7) is 1.70. The monoisotopic (exact) mass is 547 g/mol. The normalized spacial score (nSPS) is 15.8. The summed E-state index contributed by atoms with van der Waals surface area (Å²) in [6, 6.07) is 8.51. The van der Waals surface area contributed by atoms with Crippen LogP contribution in [0, 0.1) is 17.5 Å². The number of H-pyrrole nitrogens is 1. The number of nitrogens with one attached hydrogen (secondary N) is 2. The van der Waals surface area contributed by atoms with E-state index in [0.29, 0.717) is 17.3 Å². The number of halogens is 3. The van der Waals surface area contributed by atoms with Crippen LogP contribution in [0.2, 0.25) is 0 Å². The van der Waals surface area contributed by atoms with Crippen LogP contribution in [0.5, 0.6) is 5.75 Å². The number of pyridine rings is 1. The van der Waals surface area contributed by atoms with Crippen LogP contribution in [0.25, 0.3) is 16.8 Å². The van der Waals surface area contributed by atoms with Gasteiger partial charge in [0.1, 0.15) is 23.2 Å². The van der Waals surface area contributed by atoms with E-state index in [0.717, 1.165) is 18.2 Å². The Balaban J connectivity index is 1.59. The molecule has 38 heavy (non-hydrogen) atoms. The molecule has 198 valence electrons. The molecule has 0 saturated carbocycles. The van der Waals surface area contributed by atoms with E-state index in [2.05, 4.69) is 9.88 Å². The van der Waals surface area contributed by atoms with Gasteiger partial charge in [-0.3, -0.25) is 9.36 Å². The van der Waals surface area contributed by atoms with Crippen LogP contribution in [0.4, 0.5) is 19.0 Å². The molecule has 0 saturated heterocycles. The molecule has 0 aliphatic carbocycles. The summed E-state index contributed by atoms with van der Waals surface area (Å²) in [6.07, 6.45) is 1.42. The Hall–Kier alpha value is -4.10. The average Bonchev–Trinajstić information content (AvgIpc) is 3.35. The number of anilines is 1. The van der Waals surface area contributed by atoms with Crippen molar-refractivity contribution in [3.8, 4) is 22.6 Å². The maximum absolute atomic E-state index is 15.3. The minimum atomic E-state index is -3.99. The summed E-state index contributed by atoms with van der Waals surface area (Å²) in [7, 11) is -2.67. The highest BCUT2D eigenvalue weighted by molar-refractivity contribution is 7.90. The lowest BCUT2D eigenvalue weighted by Gasteiger charge is -2.33. The Kier molecular flexibility index (Phi) is 6.49. The second kappa shape index (κ2) is 9.65. The summed E-state index contributed by atoms with van der Waals surface area (Å²) in [5.74, 6) is -2.34. The quantitative estimate of drug-likeness (QED) is 0.397. The zero-order valence-corrected chi connectivity index (χ0v) is 21.0. The lowest BCUT2D eigenvalue weighted by atomic mass is 9.98. The molecule has 0 radical (unpaired) electrons. The maximum Gasteiger partial charge on any atom is 0.374 e. The summed E-state index contributed by atoms with van der Waals surface area (Å²) < 4.78 is 84.1. The smallest absolute Gasteiger partial charge is 0.374 e. The van der Waals surface area contributed by atoms with Crippen molar-refractivity contribution < 1.29 is 36.0 Å². The van der Waals surface area contributed by atoms with Crippen molar-refractivity contribution in [2.24, 2.45) is 0 Å². The van der Waals surface area contributed by atoms with Crippen LogP contribution >= 0.6 is 0 Å². The fourth-order valence-corrected chi connectivity index (χ4v) is 6.05. The minimum Gasteiger partial charge on any atom is -0.495 e. The largest absolute Gasteiger partial charge is 0.495 e. The van der Waals surface area contributed by atoms with Crippen LogP contribution in [0.3, 0.4) is 0 Å². The van der Waals surface area contributed by atoms with E-state index in [1.54, 1.807) is 6.92 Å². The zero-order valence-electron chi connectivity index (χ0n) is 20.2. The molecule has 0 amide bonds. The third kappa shape index (κ3) is 4.54. The number of rotatable bonds is 6. The fourth-order valence-electron chi connectivity index (χ4n) is 4.69. The van der Waals surface area contributed by atoms with Gasteiger partial charge in [-0.1, -0.05) is 11.2 Å². The van der Waals surface area contributed by atoms with E-state index < -0.39 is 39.3 Å². The van der Waals surface area contributed by atoms with Gasteiger partial charge in [0.2, 0.25) is 0 Å². The molecular formula is C25H22F3N4O5S+. The molecular weight excluding hydrogens is 525 g/mol. The summed E-state index contributed by atoms with van der Waals surface area (Å²) in [4.78, 5) is 13.0. The number of benzene rings is 2. The second-order valence-corrected chi connectivity index (χ2v) is 10.3. The molecule has 9 nitrogen and oxygen atoms in total. The Morgan fingerprint density at radius 3 is 2.47 bits per heavy atom. The third-order valence-electron chi connectivity index (χ3n) is 6.38. The van der Waals surface area contributed by atoms with Crippen molar-refractivity contribution in [2.75, 3.05) is 18.4 Å². The third-order valence-corrected chi connectivity index (χ3v) is 7.98. The van der Waals surface area contributed by atoms with E-state index in [9.17, 15) is 22.0 Å². The van der Waals surface area contributed by atoms with Gasteiger partial charge in [0.15, 0.2) is 6.26 Å². The molecule has 2 N–H and O–H groups in total. The van der Waals surface area contributed by atoms with Crippen molar-refractivity contribution in [3.05, 3.63) is 93.9 Å². The highest BCUT2D eigenvalue weighted by Gasteiger charge is 2.37. The molecule has 2 aromatic heterocycles. The number of ether oxygens (including phenoxy) is 1. The van der Waals surface area contributed by atoms with Crippen molar-refractivity contribution in [1.29, 1.82) is 0 Å². The first-order valence-corrected chi connectivity index (χ1v) is 12.9. The lowest BCUT2D eigenvalue weighted by molar-refractivity contribution is -0.596. The van der Waals surface area contributed by atoms with Gasteiger partial charge in [-0.15, -0.1) is 4.72 Å². The van der Waals surface area contributed by atoms with Crippen molar-refractivity contribution >= 4 is 16.0 Å². The fraction of sp³-hybridized carbons (Fsp3) is 0.200. The summed E-state index contributed by atoms with van der Waals surface area (Å²) in [5, 5.41) is 2.42. The van der Waals surface area contributed by atoms with Crippen LogP contribution in [-0.4, -0.2) is 30.9 Å². The van der Waals surface area contributed by atoms with Crippen LogP contribution in [0.1, 0.15) is 24.2 Å². The minimum absolute atomic E-state index is 0.0241. The molecule has 1 aliphatic rings. The zero-order chi connectivity index (χ0) is 27.2. The predicted octanol–water partition coefficient (Wildman–Crippen LogP) is 3.61. The first-order chi connectivity index (χ1) is 18.1. The first kappa shape index (κ1) is 25.5. The Bertz CT molecular complexity index is 1670. The molecule has 5 rings (SSSR count). The number of aromatic amines is 1. The number of hydrogen-bond acceptors (Lipinski definition) is 5. The van der Waals surface area contributed by atoms with E-state index in [4.69, 9.17) is 9.26 Å². The molecule has 2 aromatic carbocycles. The summed E-state index contributed by atoms with van der Waals surface area (Å²) >= 11 is 0. The molecule has 13 heteroatoms. The highest BCUT2D eigenvalue weighted by atomic mass is 32.2. The number of aromatic nitrogens is 2. The SMILES string of the molecule is COc1cc(-c2cc(F)cc(F)c2)c(F)cc1-n1c2c(ccc1=O)[C@H](C)N(S(=O)(=O)Nc1cco[nH+]1)CC2. The second-order valence-electron chi connectivity index (χ2n) is 8.65. The van der Waals surface area contributed by atoms with Gasteiger partial charge < -0.3 is 9.26 Å². The van der Waals surface area contributed by atoms with Gasteiger partial charge in [-0.2, -0.15) is 12.7 Å². The topological polar surface area (TPSA) is 108 Å². The average molecular weight is 548 g/mol. The lowest BCUT2D eigenvalue weighted by Crippen LogP contribution is -2.44. The van der Waals surface area contributed by atoms with Crippen molar-refractivity contribution in [3.63, 3.8) is 0 Å². The van der Waals surface area contributed by atoms with E-state index in [1.807, 2.05) is 0 Å². The molecule has 0 spiro atoms. The molecule has 0 unspecified atom stereocenters. The van der Waals surface area contributed by atoms with Crippen LogP contribution in [0.15, 0.2) is 64.1 Å². The molecule has 1 aliphatic heterocycles. The predicted molar refractivity (Wildman–Crippen MR) is 131 cm³/mol. The first-order valence-electron chi connectivity index (χ1n) is 11.4. The highest BCUT2D eigenvalue weighted by Crippen LogP contribution is 2.36. The van der Waals surface area contributed by atoms with Gasteiger partial charge in [0, 0.05) is 42.4 Å². The van der Waals surface area contributed by atoms with Crippen LogP contribution in [-0.2, 0) is 16.6 Å². The maximum atomic E-state index is 15.3.